The summed E-state index contributed by atoms with van der Waals surface area (Å²) >= 11 is 0. The van der Waals surface area contributed by atoms with E-state index in [1.54, 1.807) is 0 Å². The standard InChI is InChI=1S/C11H19N3O/c1-3-5-7-14-11(15)10(8-12)9-13-6-4-2/h9,13H,3-7H2,1-2H3,(H,14,15)/b10-9-. The molecule has 84 valence electrons. The van der Waals surface area contributed by atoms with E-state index in [2.05, 4.69) is 17.6 Å². The largest absolute Gasteiger partial charge is 0.390 e. The van der Waals surface area contributed by atoms with Crippen LogP contribution in [0.15, 0.2) is 11.8 Å². The number of nitriles is 1. The maximum absolute atomic E-state index is 11.4. The monoisotopic (exact) mass is 209 g/mol. The molecule has 0 aromatic carbocycles. The molecule has 0 heterocycles. The molecule has 0 bridgehead atoms. The van der Waals surface area contributed by atoms with Gasteiger partial charge in [-0.3, -0.25) is 4.79 Å². The Labute approximate surface area is 91.4 Å². The van der Waals surface area contributed by atoms with Gasteiger partial charge in [0.25, 0.3) is 5.91 Å². The Morgan fingerprint density at radius 3 is 2.60 bits per heavy atom. The van der Waals surface area contributed by atoms with Crippen molar-refractivity contribution >= 4 is 5.91 Å². The van der Waals surface area contributed by atoms with Gasteiger partial charge < -0.3 is 10.6 Å². The first-order valence-corrected chi connectivity index (χ1v) is 5.38. The highest BCUT2D eigenvalue weighted by molar-refractivity contribution is 5.97. The number of carbonyl (C=O) groups excluding carboxylic acids is 1. The Hall–Kier alpha value is -1.50. The third-order valence-corrected chi connectivity index (χ3v) is 1.82. The number of amides is 1. The summed E-state index contributed by atoms with van der Waals surface area (Å²) in [5, 5.41) is 14.3. The molecule has 0 saturated heterocycles. The van der Waals surface area contributed by atoms with Crippen LogP contribution in [0.2, 0.25) is 0 Å². The molecule has 0 aromatic heterocycles. The predicted octanol–water partition coefficient (Wildman–Crippen LogP) is 1.31. The molecule has 0 fully saturated rings. The lowest BCUT2D eigenvalue weighted by atomic mass is 10.2. The summed E-state index contributed by atoms with van der Waals surface area (Å²) in [5.74, 6) is -0.297. The van der Waals surface area contributed by atoms with E-state index in [0.717, 1.165) is 25.8 Å². The molecule has 4 nitrogen and oxygen atoms in total. The van der Waals surface area contributed by atoms with Crippen molar-refractivity contribution in [3.05, 3.63) is 11.8 Å². The molecule has 15 heavy (non-hydrogen) atoms. The molecule has 4 heteroatoms. The van der Waals surface area contributed by atoms with Gasteiger partial charge in [0.15, 0.2) is 0 Å². The van der Waals surface area contributed by atoms with Gasteiger partial charge in [0, 0.05) is 19.3 Å². The highest BCUT2D eigenvalue weighted by Crippen LogP contribution is 1.91. The molecule has 0 aliphatic rings. The second-order valence-electron chi connectivity index (χ2n) is 3.23. The van der Waals surface area contributed by atoms with Crippen molar-refractivity contribution in [2.24, 2.45) is 0 Å². The van der Waals surface area contributed by atoms with Crippen LogP contribution in [-0.4, -0.2) is 19.0 Å². The first-order chi connectivity index (χ1) is 7.26. The van der Waals surface area contributed by atoms with Gasteiger partial charge in [-0.05, 0) is 12.8 Å². The van der Waals surface area contributed by atoms with Crippen molar-refractivity contribution in [3.8, 4) is 6.07 Å². The van der Waals surface area contributed by atoms with Crippen molar-refractivity contribution in [1.82, 2.24) is 10.6 Å². The minimum Gasteiger partial charge on any atom is -0.390 e. The van der Waals surface area contributed by atoms with Gasteiger partial charge in [-0.1, -0.05) is 20.3 Å². The summed E-state index contributed by atoms with van der Waals surface area (Å²) in [7, 11) is 0. The Morgan fingerprint density at radius 1 is 1.33 bits per heavy atom. The van der Waals surface area contributed by atoms with Crippen molar-refractivity contribution in [1.29, 1.82) is 5.26 Å². The van der Waals surface area contributed by atoms with E-state index >= 15 is 0 Å². The SMILES string of the molecule is CCCCNC(=O)/C(C#N)=C\NCCC. The zero-order valence-corrected chi connectivity index (χ0v) is 9.47. The second-order valence-corrected chi connectivity index (χ2v) is 3.23. The zero-order chi connectivity index (χ0) is 11.5. The molecule has 0 saturated carbocycles. The molecule has 0 spiro atoms. The van der Waals surface area contributed by atoms with E-state index in [-0.39, 0.29) is 11.5 Å². The molecule has 1 amide bonds. The highest BCUT2D eigenvalue weighted by atomic mass is 16.1. The van der Waals surface area contributed by atoms with E-state index in [1.165, 1.54) is 6.20 Å². The fourth-order valence-corrected chi connectivity index (χ4v) is 0.941. The average molecular weight is 209 g/mol. The topological polar surface area (TPSA) is 64.9 Å². The normalized spacial score (nSPS) is 10.6. The van der Waals surface area contributed by atoms with E-state index in [9.17, 15) is 4.79 Å². The van der Waals surface area contributed by atoms with Crippen LogP contribution in [-0.2, 0) is 4.79 Å². The number of rotatable bonds is 7. The predicted molar refractivity (Wildman–Crippen MR) is 59.9 cm³/mol. The third kappa shape index (κ3) is 6.55. The highest BCUT2D eigenvalue weighted by Gasteiger charge is 2.06. The Bertz CT molecular complexity index is 253. The van der Waals surface area contributed by atoms with Crippen LogP contribution in [0, 0.1) is 11.3 Å². The average Bonchev–Trinajstić information content (AvgIpc) is 2.24. The number of carbonyl (C=O) groups is 1. The van der Waals surface area contributed by atoms with Crippen LogP contribution in [0.5, 0.6) is 0 Å². The maximum atomic E-state index is 11.4. The minimum atomic E-state index is -0.297. The fourth-order valence-electron chi connectivity index (χ4n) is 0.941. The summed E-state index contributed by atoms with van der Waals surface area (Å²) in [6.45, 7) is 5.47. The summed E-state index contributed by atoms with van der Waals surface area (Å²) in [6, 6.07) is 1.87. The van der Waals surface area contributed by atoms with Gasteiger partial charge in [-0.15, -0.1) is 0 Å². The number of nitrogens with zero attached hydrogens (tertiary/aromatic N) is 1. The molecule has 0 unspecified atom stereocenters. The molecule has 0 aromatic rings. The van der Waals surface area contributed by atoms with Crippen LogP contribution >= 0.6 is 0 Å². The van der Waals surface area contributed by atoms with Gasteiger partial charge in [0.05, 0.1) is 0 Å². The van der Waals surface area contributed by atoms with E-state index in [4.69, 9.17) is 5.26 Å². The van der Waals surface area contributed by atoms with Crippen LogP contribution in [0.4, 0.5) is 0 Å². The number of hydrogen-bond acceptors (Lipinski definition) is 3. The molecule has 0 atom stereocenters. The van der Waals surface area contributed by atoms with Crippen molar-refractivity contribution in [2.45, 2.75) is 33.1 Å². The van der Waals surface area contributed by atoms with Crippen LogP contribution in [0.3, 0.4) is 0 Å². The molecular formula is C11H19N3O. The summed E-state index contributed by atoms with van der Waals surface area (Å²) < 4.78 is 0. The first kappa shape index (κ1) is 13.5. The van der Waals surface area contributed by atoms with Crippen molar-refractivity contribution in [3.63, 3.8) is 0 Å². The Morgan fingerprint density at radius 2 is 2.07 bits per heavy atom. The van der Waals surface area contributed by atoms with Gasteiger partial charge in [-0.2, -0.15) is 5.26 Å². The third-order valence-electron chi connectivity index (χ3n) is 1.82. The first-order valence-electron chi connectivity index (χ1n) is 5.38. The lowest BCUT2D eigenvalue weighted by molar-refractivity contribution is -0.117. The van der Waals surface area contributed by atoms with Gasteiger partial charge in [0.1, 0.15) is 11.6 Å². The molecule has 0 aliphatic carbocycles. The van der Waals surface area contributed by atoms with Crippen LogP contribution < -0.4 is 10.6 Å². The van der Waals surface area contributed by atoms with Gasteiger partial charge >= 0.3 is 0 Å². The second kappa shape index (κ2) is 9.07. The fraction of sp³-hybridized carbons (Fsp3) is 0.636. The molecular weight excluding hydrogens is 190 g/mol. The summed E-state index contributed by atoms with van der Waals surface area (Å²) in [6.07, 6.45) is 4.41. The van der Waals surface area contributed by atoms with Crippen molar-refractivity contribution < 1.29 is 4.79 Å². The van der Waals surface area contributed by atoms with Gasteiger partial charge in [-0.25, -0.2) is 0 Å². The quantitative estimate of drug-likeness (QED) is 0.377. The molecule has 0 aliphatic heterocycles. The van der Waals surface area contributed by atoms with Crippen LogP contribution in [0.1, 0.15) is 33.1 Å². The Kier molecular flexibility index (Phi) is 8.16. The summed E-state index contributed by atoms with van der Waals surface area (Å²) in [4.78, 5) is 11.4. The molecule has 2 N–H and O–H groups in total. The van der Waals surface area contributed by atoms with Gasteiger partial charge in [0.2, 0.25) is 0 Å². The van der Waals surface area contributed by atoms with Crippen molar-refractivity contribution in [2.75, 3.05) is 13.1 Å². The Balaban J connectivity index is 4.00. The number of unbranched alkanes of at least 4 members (excludes halogenated alkanes) is 1. The van der Waals surface area contributed by atoms with E-state index in [0.29, 0.717) is 6.54 Å². The molecule has 0 radical (unpaired) electrons. The molecule has 0 rings (SSSR count). The lowest BCUT2D eigenvalue weighted by Crippen LogP contribution is -2.26. The minimum absolute atomic E-state index is 0.138. The smallest absolute Gasteiger partial charge is 0.263 e. The van der Waals surface area contributed by atoms with Crippen LogP contribution in [0.25, 0.3) is 0 Å². The lowest BCUT2D eigenvalue weighted by Gasteiger charge is -2.03. The maximum Gasteiger partial charge on any atom is 0.263 e. The van der Waals surface area contributed by atoms with E-state index < -0.39 is 0 Å². The zero-order valence-electron chi connectivity index (χ0n) is 9.47. The summed E-state index contributed by atoms with van der Waals surface area (Å²) in [5.41, 5.74) is 0.138. The number of hydrogen-bond donors (Lipinski definition) is 2. The van der Waals surface area contributed by atoms with E-state index in [1.807, 2.05) is 13.0 Å². The number of nitrogens with one attached hydrogen (secondary N) is 2.